The molecule has 0 radical (unpaired) electrons. The maximum absolute atomic E-state index is 7.07. The number of fused-ring (bicyclic) bond motifs is 2. The zero-order chi connectivity index (χ0) is 24.0. The van der Waals surface area contributed by atoms with Crippen molar-refractivity contribution in [1.82, 2.24) is 54.3 Å². The number of nitrogens with zero attached hydrogens (tertiary/aromatic N) is 11. The third-order valence-electron chi connectivity index (χ3n) is 7.18. The van der Waals surface area contributed by atoms with Gasteiger partial charge in [-0.15, -0.1) is 19.5 Å². The lowest BCUT2D eigenvalue weighted by Crippen LogP contribution is -2.52. The Kier molecular flexibility index (Phi) is 5.65. The molecule has 3 aliphatic rings. The second kappa shape index (κ2) is 9.15. The van der Waals surface area contributed by atoms with Crippen LogP contribution >= 0.6 is 7.94 Å². The molecular weight excluding hydrogens is 481 g/mol. The average molecular weight is 511 g/mol. The lowest BCUT2D eigenvalue weighted by Gasteiger charge is -2.41. The third kappa shape index (κ3) is 3.61. The van der Waals surface area contributed by atoms with Crippen LogP contribution in [0.5, 0.6) is 0 Å². The SMILES string of the molecule is c1cnc2c(c1)nnn2OC1CCCN1[P+](On1nnc2cccnc21)(N1CCCC1)N1CCCC1. The number of hydrogen-bond acceptors (Lipinski definition) is 11. The van der Waals surface area contributed by atoms with Gasteiger partial charge in [0.1, 0.15) is 11.0 Å². The Bertz CT molecular complexity index is 1330. The van der Waals surface area contributed by atoms with Gasteiger partial charge in [-0.1, -0.05) is 9.52 Å². The molecule has 3 aliphatic heterocycles. The standard InChI is InChI=1S/C22H29N11O2P/c1-2-14-29(13-1)36(30-15-3-4-16-30,35-33-22-19(26-28-33)9-6-12-24-22)31-17-7-10-20(31)34-32-21-18(25-27-32)8-5-11-23-21/h5-6,8-9,11-12,20H,1-4,7,10,13-17H2/q+1. The topological polar surface area (TPSA) is 115 Å². The Morgan fingerprint density at radius 3 is 1.94 bits per heavy atom. The van der Waals surface area contributed by atoms with E-state index < -0.39 is 7.94 Å². The van der Waals surface area contributed by atoms with Gasteiger partial charge in [0.15, 0.2) is 0 Å². The van der Waals surface area contributed by atoms with Crippen LogP contribution in [-0.4, -0.2) is 93.2 Å². The summed E-state index contributed by atoms with van der Waals surface area (Å²) in [5.74, 6) is 0. The third-order valence-corrected chi connectivity index (χ3v) is 11.0. The summed E-state index contributed by atoms with van der Waals surface area (Å²) in [4.78, 5) is 18.5. The van der Waals surface area contributed by atoms with E-state index in [4.69, 9.17) is 9.46 Å². The van der Waals surface area contributed by atoms with Gasteiger partial charge in [0.05, 0.1) is 0 Å². The van der Waals surface area contributed by atoms with E-state index in [9.17, 15) is 0 Å². The summed E-state index contributed by atoms with van der Waals surface area (Å²) in [7, 11) is -2.55. The largest absolute Gasteiger partial charge is 0.455 e. The van der Waals surface area contributed by atoms with Gasteiger partial charge >= 0.3 is 7.94 Å². The highest BCUT2D eigenvalue weighted by atomic mass is 31.2. The first-order chi connectivity index (χ1) is 17.8. The van der Waals surface area contributed by atoms with Crippen molar-refractivity contribution < 1.29 is 9.46 Å². The second-order valence-corrected chi connectivity index (χ2v) is 12.2. The van der Waals surface area contributed by atoms with E-state index in [2.05, 4.69) is 44.6 Å². The van der Waals surface area contributed by atoms with Crippen molar-refractivity contribution in [2.75, 3.05) is 32.7 Å². The first kappa shape index (κ1) is 22.2. The Morgan fingerprint density at radius 2 is 1.31 bits per heavy atom. The van der Waals surface area contributed by atoms with Gasteiger partial charge in [0, 0.05) is 51.5 Å². The van der Waals surface area contributed by atoms with Crippen LogP contribution in [0.4, 0.5) is 0 Å². The van der Waals surface area contributed by atoms with E-state index in [1.165, 1.54) is 4.85 Å². The summed E-state index contributed by atoms with van der Waals surface area (Å²) >= 11 is 0. The maximum Gasteiger partial charge on any atom is 0.455 e. The predicted molar refractivity (Wildman–Crippen MR) is 132 cm³/mol. The molecule has 0 N–H and O–H groups in total. The fraction of sp³-hybridized carbons (Fsp3) is 0.545. The fourth-order valence-electron chi connectivity index (χ4n) is 5.54. The van der Waals surface area contributed by atoms with Gasteiger partial charge in [0.25, 0.3) is 0 Å². The van der Waals surface area contributed by atoms with Crippen molar-refractivity contribution >= 4 is 30.3 Å². The van der Waals surface area contributed by atoms with E-state index in [1.54, 1.807) is 17.2 Å². The van der Waals surface area contributed by atoms with Crippen LogP contribution < -0.4 is 9.46 Å². The summed E-state index contributed by atoms with van der Waals surface area (Å²) < 4.78 is 14.6. The number of pyridine rings is 2. The molecule has 4 aromatic rings. The van der Waals surface area contributed by atoms with Crippen LogP contribution in [0.3, 0.4) is 0 Å². The summed E-state index contributed by atoms with van der Waals surface area (Å²) in [5, 5.41) is 17.2. The molecule has 0 spiro atoms. The molecular formula is C22H29N11O2P+. The maximum atomic E-state index is 7.07. The van der Waals surface area contributed by atoms with Crippen molar-refractivity contribution in [3.63, 3.8) is 0 Å². The zero-order valence-electron chi connectivity index (χ0n) is 20.0. The predicted octanol–water partition coefficient (Wildman–Crippen LogP) is 1.81. The molecule has 0 bridgehead atoms. The molecule has 0 amide bonds. The second-order valence-electron chi connectivity index (χ2n) is 9.40. The van der Waals surface area contributed by atoms with Gasteiger partial charge in [-0.05, 0) is 71.6 Å². The molecule has 13 nitrogen and oxygen atoms in total. The van der Waals surface area contributed by atoms with E-state index in [0.29, 0.717) is 22.3 Å². The smallest absolute Gasteiger partial charge is 0.371 e. The van der Waals surface area contributed by atoms with E-state index in [1.807, 2.05) is 24.3 Å². The van der Waals surface area contributed by atoms with Crippen LogP contribution in [0, 0.1) is 0 Å². The zero-order valence-corrected chi connectivity index (χ0v) is 20.9. The van der Waals surface area contributed by atoms with Crippen molar-refractivity contribution in [1.29, 1.82) is 0 Å². The molecule has 3 fully saturated rings. The normalized spacial score (nSPS) is 22.3. The van der Waals surface area contributed by atoms with Gasteiger partial charge in [-0.3, -0.25) is 0 Å². The van der Waals surface area contributed by atoms with Gasteiger partial charge < -0.3 is 4.84 Å². The van der Waals surface area contributed by atoms with Crippen molar-refractivity contribution in [2.45, 2.75) is 44.8 Å². The fourth-order valence-corrected chi connectivity index (χ4v) is 9.67. The Balaban J connectivity index is 1.31. The molecule has 7 rings (SSSR count). The Morgan fingerprint density at radius 1 is 0.722 bits per heavy atom. The van der Waals surface area contributed by atoms with Gasteiger partial charge in [-0.2, -0.15) is 4.62 Å². The van der Waals surface area contributed by atoms with Crippen molar-refractivity contribution in [3.8, 4) is 0 Å². The highest BCUT2D eigenvalue weighted by Crippen LogP contribution is 2.69. The molecule has 0 aromatic carbocycles. The summed E-state index contributed by atoms with van der Waals surface area (Å²) in [6, 6.07) is 7.52. The minimum Gasteiger partial charge on any atom is -0.371 e. The first-order valence-electron chi connectivity index (χ1n) is 12.7. The van der Waals surface area contributed by atoms with E-state index in [-0.39, 0.29) is 6.23 Å². The summed E-state index contributed by atoms with van der Waals surface area (Å²) in [5.41, 5.74) is 2.66. The van der Waals surface area contributed by atoms with E-state index >= 15 is 0 Å². The lowest BCUT2D eigenvalue weighted by molar-refractivity contribution is -0.0361. The molecule has 14 heteroatoms. The molecule has 1 atom stereocenters. The van der Waals surface area contributed by atoms with Crippen molar-refractivity contribution in [2.24, 2.45) is 0 Å². The van der Waals surface area contributed by atoms with Crippen LogP contribution in [0.25, 0.3) is 22.3 Å². The lowest BCUT2D eigenvalue weighted by atomic mass is 10.4. The van der Waals surface area contributed by atoms with Gasteiger partial charge in [0.2, 0.25) is 17.5 Å². The highest BCUT2D eigenvalue weighted by molar-refractivity contribution is 7.64. The van der Waals surface area contributed by atoms with Crippen LogP contribution in [0.1, 0.15) is 38.5 Å². The van der Waals surface area contributed by atoms with Crippen LogP contribution in [-0.2, 0) is 0 Å². The van der Waals surface area contributed by atoms with Gasteiger partial charge in [-0.25, -0.2) is 9.97 Å². The van der Waals surface area contributed by atoms with E-state index in [0.717, 1.165) is 71.2 Å². The van der Waals surface area contributed by atoms with Crippen LogP contribution in [0.2, 0.25) is 0 Å². The molecule has 7 heterocycles. The Labute approximate surface area is 208 Å². The number of aromatic nitrogens is 8. The minimum atomic E-state index is -2.55. The first-order valence-corrected chi connectivity index (χ1v) is 14.3. The molecule has 0 aliphatic carbocycles. The molecule has 36 heavy (non-hydrogen) atoms. The van der Waals surface area contributed by atoms with Crippen LogP contribution in [0.15, 0.2) is 36.7 Å². The molecule has 0 saturated carbocycles. The highest BCUT2D eigenvalue weighted by Gasteiger charge is 2.67. The molecule has 188 valence electrons. The Hall–Kier alpha value is -2.99. The molecule has 1 unspecified atom stereocenters. The van der Waals surface area contributed by atoms with Crippen molar-refractivity contribution in [3.05, 3.63) is 36.7 Å². The summed E-state index contributed by atoms with van der Waals surface area (Å²) in [6.45, 7) is 4.75. The molecule has 3 saturated heterocycles. The summed E-state index contributed by atoms with van der Waals surface area (Å²) in [6.07, 6.45) is 9.68. The number of hydrogen-bond donors (Lipinski definition) is 0. The quantitative estimate of drug-likeness (QED) is 0.339. The molecule has 4 aromatic heterocycles. The monoisotopic (exact) mass is 510 g/mol. The number of rotatable bonds is 7. The minimum absolute atomic E-state index is 0.241. The average Bonchev–Trinajstić information content (AvgIpc) is 3.74.